The number of aromatic hydroxyl groups is 1. The third-order valence-corrected chi connectivity index (χ3v) is 8.74. The van der Waals surface area contributed by atoms with E-state index < -0.39 is 75.7 Å². The number of rotatable bonds is 7. The SMILES string of the molecule is CCOC(=O)CNC(=O)c1cccc(-c2ccc(O)c3c2C[C@@H]2C[C@@H]4C(N(C)C)C(O)=C(C(N)=O)C(=O)[C@]4(O)C(O)=C2C3=O)c1. The van der Waals surface area contributed by atoms with Crippen LogP contribution in [-0.2, 0) is 25.5 Å². The predicted molar refractivity (Wildman–Crippen MR) is 158 cm³/mol. The molecule has 0 aliphatic heterocycles. The van der Waals surface area contributed by atoms with Gasteiger partial charge in [0.15, 0.2) is 11.4 Å². The maximum Gasteiger partial charge on any atom is 0.325 e. The van der Waals surface area contributed by atoms with Gasteiger partial charge < -0.3 is 36.2 Å². The monoisotopic (exact) mass is 619 g/mol. The lowest BCUT2D eigenvalue weighted by Crippen LogP contribution is -2.63. The minimum absolute atomic E-state index is 0.0584. The number of nitrogens with zero attached hydrogens (tertiary/aromatic N) is 1. The van der Waals surface area contributed by atoms with E-state index in [0.717, 1.165) is 0 Å². The molecule has 2 amide bonds. The summed E-state index contributed by atoms with van der Waals surface area (Å²) in [6.07, 6.45) is 0.0225. The molecular weight excluding hydrogens is 586 g/mol. The average Bonchev–Trinajstić information content (AvgIpc) is 2.97. The summed E-state index contributed by atoms with van der Waals surface area (Å²) in [5, 5.41) is 47.5. The molecule has 0 spiro atoms. The number of allylic oxidation sites excluding steroid dienone is 1. The van der Waals surface area contributed by atoms with Crippen LogP contribution in [0.5, 0.6) is 5.75 Å². The number of hydrogen-bond acceptors (Lipinski definition) is 11. The first-order valence-corrected chi connectivity index (χ1v) is 14.3. The van der Waals surface area contributed by atoms with E-state index in [-0.39, 0.29) is 42.7 Å². The van der Waals surface area contributed by atoms with Gasteiger partial charge in [-0.05, 0) is 74.7 Å². The van der Waals surface area contributed by atoms with Crippen LogP contribution in [0.2, 0.25) is 0 Å². The van der Waals surface area contributed by atoms with E-state index in [2.05, 4.69) is 5.32 Å². The molecule has 4 atom stereocenters. The Hall–Kier alpha value is -5.01. The largest absolute Gasteiger partial charge is 0.510 e. The van der Waals surface area contributed by atoms with Gasteiger partial charge in [-0.25, -0.2) is 0 Å². The molecular formula is C32H33N3O10. The molecule has 3 aliphatic carbocycles. The molecule has 13 heteroatoms. The smallest absolute Gasteiger partial charge is 0.325 e. The topological polar surface area (TPSA) is 217 Å². The number of ether oxygens (including phenoxy) is 1. The molecule has 3 aliphatic rings. The summed E-state index contributed by atoms with van der Waals surface area (Å²) in [6, 6.07) is 8.21. The first-order valence-electron chi connectivity index (χ1n) is 14.3. The zero-order valence-electron chi connectivity index (χ0n) is 24.8. The summed E-state index contributed by atoms with van der Waals surface area (Å²) in [6.45, 7) is 1.49. The molecule has 2 aromatic carbocycles. The van der Waals surface area contributed by atoms with Gasteiger partial charge in [-0.2, -0.15) is 0 Å². The minimum Gasteiger partial charge on any atom is -0.510 e. The number of fused-ring (bicyclic) bond motifs is 3. The van der Waals surface area contributed by atoms with Crippen LogP contribution in [0.1, 0.15) is 39.6 Å². The number of ketones is 2. The number of hydrogen-bond donors (Lipinski definition) is 6. The van der Waals surface area contributed by atoms with Gasteiger partial charge >= 0.3 is 5.97 Å². The highest BCUT2D eigenvalue weighted by Crippen LogP contribution is 2.53. The first kappa shape index (κ1) is 31.4. The van der Waals surface area contributed by atoms with E-state index in [1.807, 2.05) is 0 Å². The van der Waals surface area contributed by atoms with Crippen LogP contribution in [0.15, 0.2) is 59.1 Å². The van der Waals surface area contributed by atoms with Gasteiger partial charge in [0.25, 0.3) is 11.8 Å². The summed E-state index contributed by atoms with van der Waals surface area (Å²) >= 11 is 0. The van der Waals surface area contributed by atoms with Crippen molar-refractivity contribution in [2.24, 2.45) is 17.6 Å². The summed E-state index contributed by atoms with van der Waals surface area (Å²) < 4.78 is 4.84. The Morgan fingerprint density at radius 1 is 1.11 bits per heavy atom. The second-order valence-corrected chi connectivity index (χ2v) is 11.5. The minimum atomic E-state index is -2.73. The molecule has 0 saturated carbocycles. The molecule has 13 nitrogen and oxygen atoms in total. The van der Waals surface area contributed by atoms with E-state index in [0.29, 0.717) is 16.7 Å². The molecule has 1 unspecified atom stereocenters. The molecule has 2 aromatic rings. The first-order chi connectivity index (χ1) is 21.2. The fourth-order valence-electron chi connectivity index (χ4n) is 6.82. The number of nitrogens with one attached hydrogen (secondary N) is 1. The number of likely N-dealkylation sites (N-methyl/N-ethyl adjacent to an activating group) is 1. The van der Waals surface area contributed by atoms with Crippen molar-refractivity contribution in [3.63, 3.8) is 0 Å². The van der Waals surface area contributed by atoms with Crippen LogP contribution in [0.25, 0.3) is 11.1 Å². The molecule has 0 aromatic heterocycles. The quantitative estimate of drug-likeness (QED) is 0.190. The molecule has 0 heterocycles. The van der Waals surface area contributed by atoms with Crippen molar-refractivity contribution in [3.8, 4) is 16.9 Å². The molecule has 7 N–H and O–H groups in total. The number of aliphatic hydroxyl groups is 3. The number of phenolic OH excluding ortho intramolecular Hbond substituents is 1. The maximum absolute atomic E-state index is 14.0. The number of esters is 1. The van der Waals surface area contributed by atoms with Crippen molar-refractivity contribution >= 4 is 29.4 Å². The number of primary amides is 1. The van der Waals surface area contributed by atoms with Crippen molar-refractivity contribution < 1.29 is 49.1 Å². The fourth-order valence-corrected chi connectivity index (χ4v) is 6.82. The van der Waals surface area contributed by atoms with E-state index in [1.165, 1.54) is 11.0 Å². The second kappa shape index (κ2) is 11.5. The highest BCUT2D eigenvalue weighted by molar-refractivity contribution is 6.25. The van der Waals surface area contributed by atoms with Crippen LogP contribution < -0.4 is 11.1 Å². The van der Waals surface area contributed by atoms with Gasteiger partial charge in [0.1, 0.15) is 29.4 Å². The maximum atomic E-state index is 14.0. The van der Waals surface area contributed by atoms with E-state index in [1.54, 1.807) is 51.4 Å². The molecule has 5 rings (SSSR count). The fraction of sp³-hybridized carbons (Fsp3) is 0.344. The van der Waals surface area contributed by atoms with E-state index >= 15 is 0 Å². The molecule has 45 heavy (non-hydrogen) atoms. The highest BCUT2D eigenvalue weighted by atomic mass is 16.5. The van der Waals surface area contributed by atoms with Crippen molar-refractivity contribution in [1.29, 1.82) is 0 Å². The van der Waals surface area contributed by atoms with Gasteiger partial charge in [0.2, 0.25) is 5.78 Å². The number of phenols is 1. The number of amides is 2. The van der Waals surface area contributed by atoms with Crippen molar-refractivity contribution in [2.75, 3.05) is 27.2 Å². The summed E-state index contributed by atoms with van der Waals surface area (Å²) in [5.74, 6) is -8.46. The molecule has 0 radical (unpaired) electrons. The zero-order valence-corrected chi connectivity index (χ0v) is 24.8. The summed E-state index contributed by atoms with van der Waals surface area (Å²) in [7, 11) is 3.11. The standard InChI is InChI=1S/C32H33N3O10/c1-4-45-21(37)13-34-31(43)15-7-5-6-14(10-15)17-8-9-20(36)23-18(17)11-16-12-19-25(35(2)3)27(39)24(30(33)42)29(41)32(19,44)28(40)22(16)26(23)38/h5-10,16,19,25,36,39-40,44H,4,11-13H2,1-3H3,(H2,33,42)(H,34,43)/t16-,19-,25?,32-/m1/s1. The molecule has 0 saturated heterocycles. The summed E-state index contributed by atoms with van der Waals surface area (Å²) in [5.41, 5.74) is 3.02. The van der Waals surface area contributed by atoms with Crippen LogP contribution in [0.4, 0.5) is 0 Å². The Balaban J connectivity index is 1.59. The lowest BCUT2D eigenvalue weighted by Gasteiger charge is -2.50. The van der Waals surface area contributed by atoms with E-state index in [9.17, 15) is 44.4 Å². The van der Waals surface area contributed by atoms with Crippen LogP contribution in [-0.4, -0.2) is 93.6 Å². The Kier molecular flexibility index (Phi) is 8.02. The Bertz CT molecular complexity index is 1730. The number of nitrogens with two attached hydrogens (primary N) is 1. The third kappa shape index (κ3) is 4.93. The molecule has 0 bridgehead atoms. The number of benzene rings is 2. The number of aliphatic hydroxyl groups excluding tert-OH is 2. The Morgan fingerprint density at radius 3 is 2.47 bits per heavy atom. The van der Waals surface area contributed by atoms with Gasteiger partial charge in [0, 0.05) is 17.1 Å². The Labute approximate surface area is 257 Å². The van der Waals surface area contributed by atoms with Crippen LogP contribution in [0, 0.1) is 11.8 Å². The number of carbonyl (C=O) groups is 5. The highest BCUT2D eigenvalue weighted by Gasteiger charge is 2.63. The molecule has 236 valence electrons. The van der Waals surface area contributed by atoms with Gasteiger partial charge in [-0.15, -0.1) is 0 Å². The average molecular weight is 620 g/mol. The van der Waals surface area contributed by atoms with E-state index in [4.69, 9.17) is 10.5 Å². The zero-order chi connectivity index (χ0) is 33.0. The van der Waals surface area contributed by atoms with Crippen LogP contribution >= 0.6 is 0 Å². The van der Waals surface area contributed by atoms with Crippen molar-refractivity contribution in [2.45, 2.75) is 31.4 Å². The number of carbonyl (C=O) groups excluding carboxylic acids is 5. The van der Waals surface area contributed by atoms with Gasteiger partial charge in [-0.1, -0.05) is 18.2 Å². The second-order valence-electron chi connectivity index (χ2n) is 11.5. The van der Waals surface area contributed by atoms with Gasteiger partial charge in [0.05, 0.1) is 18.2 Å². The van der Waals surface area contributed by atoms with Crippen molar-refractivity contribution in [1.82, 2.24) is 10.2 Å². The van der Waals surface area contributed by atoms with Crippen molar-refractivity contribution in [3.05, 3.63) is 75.8 Å². The number of Topliss-reactive ketones (excluding diaryl/α,β-unsaturated/α-hetero) is 2. The predicted octanol–water partition coefficient (Wildman–Crippen LogP) is 1.08. The van der Waals surface area contributed by atoms with Crippen LogP contribution in [0.3, 0.4) is 0 Å². The lowest BCUT2D eigenvalue weighted by atomic mass is 9.58. The van der Waals surface area contributed by atoms with Gasteiger partial charge in [-0.3, -0.25) is 28.9 Å². The molecule has 0 fully saturated rings. The lowest BCUT2D eigenvalue weighted by molar-refractivity contribution is -0.148. The normalized spacial score (nSPS) is 24.2. The summed E-state index contributed by atoms with van der Waals surface area (Å²) in [4.78, 5) is 65.5. The third-order valence-electron chi connectivity index (χ3n) is 8.74. The Morgan fingerprint density at radius 2 is 1.82 bits per heavy atom.